The lowest BCUT2D eigenvalue weighted by molar-refractivity contribution is -0.228. The van der Waals surface area contributed by atoms with E-state index in [2.05, 4.69) is 52.1 Å². The van der Waals surface area contributed by atoms with E-state index in [4.69, 9.17) is 23.7 Å². The van der Waals surface area contributed by atoms with Gasteiger partial charge in [-0.25, -0.2) is 4.79 Å². The second-order valence-electron chi connectivity index (χ2n) is 18.3. The number of nitrogens with one attached hydrogen (secondary N) is 1. The van der Waals surface area contributed by atoms with Gasteiger partial charge in [0.25, 0.3) is 0 Å². The predicted octanol–water partition coefficient (Wildman–Crippen LogP) is 4.01. The maximum atomic E-state index is 15.4. The number of epoxide rings is 1. The number of piperidine rings is 1. The highest BCUT2D eigenvalue weighted by Gasteiger charge is 2.80. The molecule has 314 valence electrons. The number of hydrogen-bond donors (Lipinski definition) is 2. The highest BCUT2D eigenvalue weighted by molar-refractivity contribution is 5.95. The zero-order valence-electron chi connectivity index (χ0n) is 35.1. The Morgan fingerprint density at radius 1 is 1.00 bits per heavy atom. The third-order valence-corrected chi connectivity index (χ3v) is 16.0. The molecule has 2 aromatic carbocycles. The van der Waals surface area contributed by atoms with Crippen LogP contribution in [-0.2, 0) is 50.6 Å². The SMILES string of the molecule is CC[C@]12CN3CCc4c([nH]c5ccccc45)[C@](C(=O)OC)(c4cc5c(cc4OC)N(C)[C@@H]4[C@](O)(C(=O)OC)[C@H](OC(C)=O)[C@]6(CC)C=CCN7CC[C@@]54[C@@H]76)C[C@@H](C3)[C@@H]1O2. The zero-order chi connectivity index (χ0) is 41.4. The Morgan fingerprint density at radius 2 is 1.78 bits per heavy atom. The molecule has 7 heterocycles. The molecule has 59 heavy (non-hydrogen) atoms. The molecule has 13 nitrogen and oxygen atoms in total. The van der Waals surface area contributed by atoms with Gasteiger partial charge in [0, 0.05) is 96.9 Å². The molecule has 3 saturated heterocycles. The fourth-order valence-electron chi connectivity index (χ4n) is 13.9. The van der Waals surface area contributed by atoms with Crippen LogP contribution in [0.1, 0.15) is 68.8 Å². The lowest BCUT2D eigenvalue weighted by Gasteiger charge is -2.63. The van der Waals surface area contributed by atoms with Crippen molar-refractivity contribution in [3.8, 4) is 5.75 Å². The van der Waals surface area contributed by atoms with E-state index in [9.17, 15) is 14.7 Å². The number of aliphatic hydroxyl groups is 1. The van der Waals surface area contributed by atoms with Crippen LogP contribution in [0.15, 0.2) is 48.6 Å². The number of rotatable bonds is 7. The molecule has 7 aliphatic rings. The second kappa shape index (κ2) is 13.0. The fraction of sp³-hybridized carbons (Fsp3) is 0.587. The van der Waals surface area contributed by atoms with Crippen LogP contribution in [0.3, 0.4) is 0 Å². The standard InChI is InChI=1S/C46H56N4O9/c1-8-42-16-12-18-50-20-17-44(37(42)50)30-21-31(34(55-5)22-33(30)48(4)38(44)46(54,41(53)57-7)39(42)58-26(3)51)45(40(52)56-6)23-27-24-49(25-43(9-2)36(27)59-43)19-15-29-28-13-10-11-14-32(28)47-35(29)45/h10-14,16,21-22,27,36-39,47,54H,8-9,15,17-20,23-25H2,1-7H3/t27-,36-,37-,38-,39+,42+,43-,44-,45+,46+/m0/s1. The predicted molar refractivity (Wildman–Crippen MR) is 218 cm³/mol. The minimum Gasteiger partial charge on any atom is -0.496 e. The molecule has 1 unspecified atom stereocenters. The van der Waals surface area contributed by atoms with Crippen LogP contribution < -0.4 is 9.64 Å². The van der Waals surface area contributed by atoms with Gasteiger partial charge in [0.05, 0.1) is 33.5 Å². The zero-order valence-corrected chi connectivity index (χ0v) is 35.1. The number of carbonyl (C=O) groups excluding carboxylic acids is 3. The van der Waals surface area contributed by atoms with Crippen molar-refractivity contribution in [2.75, 3.05) is 66.0 Å². The summed E-state index contributed by atoms with van der Waals surface area (Å²) in [5.41, 5.74) is -0.627. The molecule has 3 aromatic rings. The maximum absolute atomic E-state index is 15.4. The summed E-state index contributed by atoms with van der Waals surface area (Å²) in [7, 11) is 6.23. The summed E-state index contributed by atoms with van der Waals surface area (Å²) in [6, 6.07) is 11.2. The quantitative estimate of drug-likeness (QED) is 0.154. The summed E-state index contributed by atoms with van der Waals surface area (Å²) in [6.45, 7) is 9.32. The first-order valence-corrected chi connectivity index (χ1v) is 21.3. The number of nitrogens with zero attached hydrogens (tertiary/aromatic N) is 3. The van der Waals surface area contributed by atoms with Crippen molar-refractivity contribution < 1.29 is 43.2 Å². The Bertz CT molecular complexity index is 2310. The van der Waals surface area contributed by atoms with Crippen LogP contribution in [0.2, 0.25) is 0 Å². The average Bonchev–Trinajstić information content (AvgIpc) is 3.53. The summed E-state index contributed by atoms with van der Waals surface area (Å²) in [6.07, 6.45) is 5.94. The van der Waals surface area contributed by atoms with Crippen molar-refractivity contribution in [1.29, 1.82) is 0 Å². The van der Waals surface area contributed by atoms with Crippen molar-refractivity contribution in [1.82, 2.24) is 14.8 Å². The van der Waals surface area contributed by atoms with Gasteiger partial charge in [-0.2, -0.15) is 0 Å². The van der Waals surface area contributed by atoms with E-state index in [0.29, 0.717) is 50.1 Å². The Morgan fingerprint density at radius 3 is 2.49 bits per heavy atom. The van der Waals surface area contributed by atoms with Gasteiger partial charge < -0.3 is 38.7 Å². The molecular formula is C46H56N4O9. The second-order valence-corrected chi connectivity index (χ2v) is 18.3. The molecule has 6 aliphatic heterocycles. The Labute approximate surface area is 344 Å². The number of aromatic nitrogens is 1. The van der Waals surface area contributed by atoms with Gasteiger partial charge in [-0.05, 0) is 61.9 Å². The van der Waals surface area contributed by atoms with Crippen LogP contribution in [0.4, 0.5) is 5.69 Å². The third-order valence-electron chi connectivity index (χ3n) is 16.0. The summed E-state index contributed by atoms with van der Waals surface area (Å²) >= 11 is 0. The van der Waals surface area contributed by atoms with Crippen molar-refractivity contribution in [3.63, 3.8) is 0 Å². The number of benzene rings is 2. The number of methoxy groups -OCH3 is 3. The molecule has 2 bridgehead atoms. The van der Waals surface area contributed by atoms with Gasteiger partial charge in [-0.15, -0.1) is 0 Å². The fourth-order valence-corrected chi connectivity index (χ4v) is 13.9. The first-order valence-electron chi connectivity index (χ1n) is 21.3. The number of fused-ring (bicyclic) bond motifs is 8. The molecule has 1 saturated carbocycles. The maximum Gasteiger partial charge on any atom is 0.344 e. The smallest absolute Gasteiger partial charge is 0.344 e. The highest BCUT2D eigenvalue weighted by Crippen LogP contribution is 2.68. The van der Waals surface area contributed by atoms with E-state index in [1.165, 1.54) is 21.1 Å². The molecular weight excluding hydrogens is 753 g/mol. The number of esters is 3. The molecule has 10 rings (SSSR count). The van der Waals surface area contributed by atoms with E-state index < -0.39 is 51.9 Å². The van der Waals surface area contributed by atoms with Gasteiger partial charge in [0.1, 0.15) is 16.8 Å². The normalized spacial score (nSPS) is 38.7. The molecule has 1 spiro atoms. The van der Waals surface area contributed by atoms with Gasteiger partial charge in [0.15, 0.2) is 6.10 Å². The van der Waals surface area contributed by atoms with Crippen molar-refractivity contribution in [3.05, 3.63) is 70.9 Å². The molecule has 0 radical (unpaired) electrons. The monoisotopic (exact) mass is 808 g/mol. The highest BCUT2D eigenvalue weighted by atomic mass is 16.6. The molecule has 2 N–H and O–H groups in total. The van der Waals surface area contributed by atoms with Crippen molar-refractivity contribution in [2.24, 2.45) is 11.3 Å². The average molecular weight is 809 g/mol. The van der Waals surface area contributed by atoms with Crippen molar-refractivity contribution in [2.45, 2.75) is 99.2 Å². The number of anilines is 1. The van der Waals surface area contributed by atoms with E-state index in [-0.39, 0.29) is 23.7 Å². The summed E-state index contributed by atoms with van der Waals surface area (Å²) in [5.74, 6) is -1.37. The van der Waals surface area contributed by atoms with Crippen LogP contribution in [0.5, 0.6) is 5.75 Å². The minimum absolute atomic E-state index is 0.00603. The lowest BCUT2D eigenvalue weighted by Crippen LogP contribution is -2.81. The van der Waals surface area contributed by atoms with E-state index in [1.807, 2.05) is 37.1 Å². The summed E-state index contributed by atoms with van der Waals surface area (Å²) in [4.78, 5) is 53.5. The number of para-hydroxylation sites is 1. The van der Waals surface area contributed by atoms with Gasteiger partial charge >= 0.3 is 17.9 Å². The molecule has 0 amide bonds. The van der Waals surface area contributed by atoms with E-state index in [1.54, 1.807) is 7.11 Å². The largest absolute Gasteiger partial charge is 0.496 e. The van der Waals surface area contributed by atoms with Crippen LogP contribution in [0, 0.1) is 11.3 Å². The summed E-state index contributed by atoms with van der Waals surface area (Å²) < 4.78 is 30.7. The van der Waals surface area contributed by atoms with Crippen LogP contribution >= 0.6 is 0 Å². The lowest BCUT2D eigenvalue weighted by atomic mass is 9.47. The van der Waals surface area contributed by atoms with Crippen LogP contribution in [0.25, 0.3) is 10.9 Å². The Hall–Kier alpha value is -4.43. The summed E-state index contributed by atoms with van der Waals surface area (Å²) in [5, 5.41) is 14.4. The number of likely N-dealkylation sites (N-methyl/N-ethyl adjacent to an activating group) is 1. The van der Waals surface area contributed by atoms with Gasteiger partial charge in [-0.3, -0.25) is 19.4 Å². The van der Waals surface area contributed by atoms with E-state index >= 15 is 4.79 Å². The molecule has 1 aliphatic carbocycles. The Balaban J connectivity index is 1.28. The topological polar surface area (TPSA) is 146 Å². The van der Waals surface area contributed by atoms with Gasteiger partial charge in [-0.1, -0.05) is 44.2 Å². The molecule has 4 fully saturated rings. The van der Waals surface area contributed by atoms with E-state index in [0.717, 1.165) is 59.5 Å². The number of ether oxygens (including phenoxy) is 5. The number of carbonyl (C=O) groups is 3. The minimum atomic E-state index is -2.29. The Kier molecular flexibility index (Phi) is 8.56. The molecule has 13 heteroatoms. The molecule has 11 atom stereocenters. The molecule has 1 aromatic heterocycles. The first-order chi connectivity index (χ1) is 28.3. The third kappa shape index (κ3) is 4.73. The van der Waals surface area contributed by atoms with Crippen LogP contribution in [-0.4, -0.2) is 134 Å². The van der Waals surface area contributed by atoms with Gasteiger partial charge in [0.2, 0.25) is 5.60 Å². The van der Waals surface area contributed by atoms with Crippen molar-refractivity contribution >= 4 is 34.5 Å². The first kappa shape index (κ1) is 38.8. The number of aromatic amines is 1. The number of hydrogen-bond acceptors (Lipinski definition) is 12. The number of H-pyrrole nitrogens is 1.